The Labute approximate surface area is 292 Å². The zero-order valence-corrected chi connectivity index (χ0v) is 27.6. The largest absolute Gasteiger partial charge is 0.455 e. The van der Waals surface area contributed by atoms with Gasteiger partial charge in [-0.05, 0) is 70.8 Å². The fourth-order valence-corrected chi connectivity index (χ4v) is 8.17. The van der Waals surface area contributed by atoms with Gasteiger partial charge in [-0.3, -0.25) is 4.98 Å². The van der Waals surface area contributed by atoms with Crippen molar-refractivity contribution in [3.05, 3.63) is 164 Å². The predicted molar refractivity (Wildman–Crippen MR) is 207 cm³/mol. The minimum absolute atomic E-state index is 0.650. The molecule has 0 aliphatic carbocycles. The molecule has 5 heteroatoms. The van der Waals surface area contributed by atoms with Gasteiger partial charge >= 0.3 is 0 Å². The third kappa shape index (κ3) is 4.71. The van der Waals surface area contributed by atoms with Crippen LogP contribution in [0.25, 0.3) is 98.3 Å². The average Bonchev–Trinajstić information content (AvgIpc) is 3.77. The Morgan fingerprint density at radius 2 is 1.14 bits per heavy atom. The number of fused-ring (bicyclic) bond motifs is 6. The zero-order chi connectivity index (χ0) is 33.0. The molecule has 0 aliphatic rings. The smallest absolute Gasteiger partial charge is 0.161 e. The van der Waals surface area contributed by atoms with E-state index in [1.54, 1.807) is 0 Å². The average molecular weight is 658 g/mol. The molecule has 6 aromatic carbocycles. The van der Waals surface area contributed by atoms with E-state index in [9.17, 15) is 0 Å². The molecule has 0 bridgehead atoms. The molecule has 4 heterocycles. The summed E-state index contributed by atoms with van der Waals surface area (Å²) in [6.45, 7) is 0. The monoisotopic (exact) mass is 657 g/mol. The van der Waals surface area contributed by atoms with Gasteiger partial charge in [-0.25, -0.2) is 9.97 Å². The van der Waals surface area contributed by atoms with Gasteiger partial charge in [-0.1, -0.05) is 103 Å². The van der Waals surface area contributed by atoms with Crippen LogP contribution in [0.5, 0.6) is 0 Å². The lowest BCUT2D eigenvalue weighted by Crippen LogP contribution is -1.98. The summed E-state index contributed by atoms with van der Waals surface area (Å²) in [5.41, 5.74) is 10.6. The van der Waals surface area contributed by atoms with Crippen molar-refractivity contribution in [2.45, 2.75) is 0 Å². The second-order valence-electron chi connectivity index (χ2n) is 12.4. The molecule has 0 unspecified atom stereocenters. The first-order valence-electron chi connectivity index (χ1n) is 16.6. The SMILES string of the molecule is c1ccc(-c2cc(-c3ccc(-c4ccc5sc6ccccc6c5c4)c4c3oc3ccccc34)nc(-c3ccccc3-c3ccncc3)n2)cc1. The number of hydrogen-bond donors (Lipinski definition) is 0. The Morgan fingerprint density at radius 3 is 2.02 bits per heavy atom. The second-order valence-corrected chi connectivity index (χ2v) is 13.5. The van der Waals surface area contributed by atoms with Crippen molar-refractivity contribution in [3.63, 3.8) is 0 Å². The van der Waals surface area contributed by atoms with Gasteiger partial charge in [0.15, 0.2) is 5.82 Å². The van der Waals surface area contributed by atoms with E-state index in [0.717, 1.165) is 72.3 Å². The van der Waals surface area contributed by atoms with Crippen LogP contribution in [0.4, 0.5) is 0 Å². The Hall–Kier alpha value is -6.43. The van der Waals surface area contributed by atoms with Gasteiger partial charge in [0, 0.05) is 60.0 Å². The third-order valence-corrected chi connectivity index (χ3v) is 10.6. The maximum absolute atomic E-state index is 6.76. The molecule has 10 aromatic rings. The summed E-state index contributed by atoms with van der Waals surface area (Å²) in [5.74, 6) is 0.650. The molecule has 0 N–H and O–H groups in total. The van der Waals surface area contributed by atoms with E-state index in [2.05, 4.69) is 102 Å². The van der Waals surface area contributed by atoms with Gasteiger partial charge in [0.2, 0.25) is 0 Å². The van der Waals surface area contributed by atoms with E-state index in [-0.39, 0.29) is 0 Å². The lowest BCUT2D eigenvalue weighted by molar-refractivity contribution is 0.670. The Balaban J connectivity index is 1.23. The topological polar surface area (TPSA) is 51.8 Å². The van der Waals surface area contributed by atoms with Gasteiger partial charge in [0.25, 0.3) is 0 Å². The molecule has 50 heavy (non-hydrogen) atoms. The van der Waals surface area contributed by atoms with Crippen LogP contribution in [0.2, 0.25) is 0 Å². The highest BCUT2D eigenvalue weighted by atomic mass is 32.1. The highest BCUT2D eigenvalue weighted by Crippen LogP contribution is 2.44. The third-order valence-electron chi connectivity index (χ3n) is 9.44. The number of benzene rings is 6. The van der Waals surface area contributed by atoms with Crippen LogP contribution >= 0.6 is 11.3 Å². The number of aromatic nitrogens is 3. The van der Waals surface area contributed by atoms with Crippen LogP contribution in [0.1, 0.15) is 0 Å². The van der Waals surface area contributed by atoms with Gasteiger partial charge < -0.3 is 4.42 Å². The van der Waals surface area contributed by atoms with Crippen molar-refractivity contribution in [2.75, 3.05) is 0 Å². The molecule has 4 nitrogen and oxygen atoms in total. The number of hydrogen-bond acceptors (Lipinski definition) is 5. The van der Waals surface area contributed by atoms with Crippen LogP contribution in [-0.4, -0.2) is 15.0 Å². The summed E-state index contributed by atoms with van der Waals surface area (Å²) in [5, 5.41) is 4.72. The molecule has 0 radical (unpaired) electrons. The lowest BCUT2D eigenvalue weighted by atomic mass is 9.94. The van der Waals surface area contributed by atoms with Gasteiger partial charge in [-0.15, -0.1) is 11.3 Å². The van der Waals surface area contributed by atoms with E-state index in [1.807, 2.05) is 78.3 Å². The summed E-state index contributed by atoms with van der Waals surface area (Å²) >= 11 is 1.84. The first-order valence-corrected chi connectivity index (χ1v) is 17.4. The molecular formula is C45H27N3OS. The van der Waals surface area contributed by atoms with E-state index in [0.29, 0.717) is 5.82 Å². The van der Waals surface area contributed by atoms with E-state index >= 15 is 0 Å². The van der Waals surface area contributed by atoms with E-state index < -0.39 is 0 Å². The fraction of sp³-hybridized carbons (Fsp3) is 0. The normalized spacial score (nSPS) is 11.6. The molecule has 0 aliphatic heterocycles. The van der Waals surface area contributed by atoms with Gasteiger partial charge in [0.05, 0.1) is 11.4 Å². The van der Waals surface area contributed by atoms with Gasteiger partial charge in [0.1, 0.15) is 11.2 Å². The summed E-state index contributed by atoms with van der Waals surface area (Å²) in [7, 11) is 0. The van der Waals surface area contributed by atoms with Crippen molar-refractivity contribution in [1.29, 1.82) is 0 Å². The molecule has 0 atom stereocenters. The minimum atomic E-state index is 0.650. The second kappa shape index (κ2) is 11.6. The summed E-state index contributed by atoms with van der Waals surface area (Å²) in [4.78, 5) is 14.7. The van der Waals surface area contributed by atoms with Crippen LogP contribution in [0, 0.1) is 0 Å². The number of rotatable bonds is 5. The minimum Gasteiger partial charge on any atom is -0.455 e. The maximum atomic E-state index is 6.76. The van der Waals surface area contributed by atoms with Crippen LogP contribution < -0.4 is 0 Å². The number of para-hydroxylation sites is 1. The maximum Gasteiger partial charge on any atom is 0.161 e. The standard InChI is InChI=1S/C45H27N3OS/c1-2-10-29(11-3-1)38-27-39(48-45(47-38)34-14-5-4-12-31(34)28-22-24-46-25-23-28)35-20-19-32(43-36-15-6-8-16-40(36)49-44(35)43)30-18-21-42-37(26-30)33-13-7-9-17-41(33)50-42/h1-27H. The van der Waals surface area contributed by atoms with E-state index in [1.165, 1.54) is 20.2 Å². The molecule has 0 amide bonds. The molecular weight excluding hydrogens is 631 g/mol. The first kappa shape index (κ1) is 28.6. The molecule has 4 aromatic heterocycles. The zero-order valence-electron chi connectivity index (χ0n) is 26.7. The molecule has 10 rings (SSSR count). The summed E-state index contributed by atoms with van der Waals surface area (Å²) in [6.07, 6.45) is 3.63. The van der Waals surface area contributed by atoms with Crippen LogP contribution in [0.15, 0.2) is 168 Å². The Morgan fingerprint density at radius 1 is 0.440 bits per heavy atom. The fourth-order valence-electron chi connectivity index (χ4n) is 7.09. The van der Waals surface area contributed by atoms with Crippen molar-refractivity contribution >= 4 is 53.4 Å². The quantitative estimate of drug-likeness (QED) is 0.185. The molecule has 234 valence electrons. The first-order chi connectivity index (χ1) is 24.8. The van der Waals surface area contributed by atoms with Crippen molar-refractivity contribution < 1.29 is 4.42 Å². The molecule has 0 spiro atoms. The van der Waals surface area contributed by atoms with Crippen LogP contribution in [-0.2, 0) is 0 Å². The summed E-state index contributed by atoms with van der Waals surface area (Å²) < 4.78 is 9.35. The molecule has 0 fully saturated rings. The number of nitrogens with zero attached hydrogens (tertiary/aromatic N) is 3. The van der Waals surface area contributed by atoms with Crippen molar-refractivity contribution in [1.82, 2.24) is 15.0 Å². The van der Waals surface area contributed by atoms with Crippen LogP contribution in [0.3, 0.4) is 0 Å². The number of pyridine rings is 1. The Bertz CT molecular complexity index is 2870. The molecule has 0 saturated heterocycles. The predicted octanol–water partition coefficient (Wildman–Crippen LogP) is 12.5. The highest BCUT2D eigenvalue weighted by Gasteiger charge is 2.21. The van der Waals surface area contributed by atoms with Gasteiger partial charge in [-0.2, -0.15) is 0 Å². The van der Waals surface area contributed by atoms with E-state index in [4.69, 9.17) is 14.4 Å². The highest BCUT2D eigenvalue weighted by molar-refractivity contribution is 7.25. The lowest BCUT2D eigenvalue weighted by Gasteiger charge is -2.13. The summed E-state index contributed by atoms with van der Waals surface area (Å²) in [6, 6.07) is 52.9. The van der Waals surface area contributed by atoms with Crippen molar-refractivity contribution in [3.8, 4) is 56.2 Å². The number of thiophene rings is 1. The van der Waals surface area contributed by atoms with Crippen molar-refractivity contribution in [2.24, 2.45) is 0 Å². The molecule has 0 saturated carbocycles. The Kier molecular flexibility index (Phi) is 6.64. The number of furan rings is 1.